The van der Waals surface area contributed by atoms with Gasteiger partial charge in [0, 0.05) is 13.1 Å². The van der Waals surface area contributed by atoms with E-state index in [-0.39, 0.29) is 23.5 Å². The SMILES string of the molecule is COC(=O)C1CCN(S(=O)(=O)c2ccc(C(=O)O)cc2)C1. The Morgan fingerprint density at radius 1 is 1.29 bits per heavy atom. The van der Waals surface area contributed by atoms with Crippen molar-refractivity contribution in [1.29, 1.82) is 0 Å². The average Bonchev–Trinajstić information content (AvgIpc) is 2.97. The molecule has 114 valence electrons. The van der Waals surface area contributed by atoms with Crippen LogP contribution in [0.15, 0.2) is 29.2 Å². The molecule has 1 aliphatic heterocycles. The number of carbonyl (C=O) groups is 2. The third kappa shape index (κ3) is 3.06. The number of nitrogens with zero attached hydrogens (tertiary/aromatic N) is 1. The fraction of sp³-hybridized carbons (Fsp3) is 0.385. The maximum absolute atomic E-state index is 12.4. The third-order valence-corrected chi connectivity index (χ3v) is 5.30. The van der Waals surface area contributed by atoms with Crippen molar-refractivity contribution in [3.8, 4) is 0 Å². The Morgan fingerprint density at radius 3 is 2.43 bits per heavy atom. The number of benzene rings is 1. The number of ether oxygens (including phenoxy) is 1. The van der Waals surface area contributed by atoms with E-state index in [1.54, 1.807) is 0 Å². The van der Waals surface area contributed by atoms with Crippen molar-refractivity contribution in [2.75, 3.05) is 20.2 Å². The first kappa shape index (κ1) is 15.5. The molecule has 0 saturated carbocycles. The van der Waals surface area contributed by atoms with E-state index in [2.05, 4.69) is 4.74 Å². The number of hydrogen-bond acceptors (Lipinski definition) is 5. The van der Waals surface area contributed by atoms with Gasteiger partial charge in [0.15, 0.2) is 0 Å². The fourth-order valence-corrected chi connectivity index (χ4v) is 3.72. The molecule has 0 amide bonds. The second-order valence-corrected chi connectivity index (χ2v) is 6.64. The number of rotatable bonds is 4. The molecule has 8 heteroatoms. The minimum Gasteiger partial charge on any atom is -0.478 e. The third-order valence-electron chi connectivity index (χ3n) is 3.42. The van der Waals surface area contributed by atoms with Crippen LogP contribution in [0.2, 0.25) is 0 Å². The molecule has 1 N–H and O–H groups in total. The van der Waals surface area contributed by atoms with Crippen molar-refractivity contribution < 1.29 is 27.9 Å². The molecule has 0 bridgehead atoms. The van der Waals surface area contributed by atoms with Crippen LogP contribution in [0.1, 0.15) is 16.8 Å². The van der Waals surface area contributed by atoms with Gasteiger partial charge in [-0.15, -0.1) is 0 Å². The van der Waals surface area contributed by atoms with Crippen LogP contribution < -0.4 is 0 Å². The Bertz CT molecular complexity index is 652. The van der Waals surface area contributed by atoms with Crippen molar-refractivity contribution in [2.45, 2.75) is 11.3 Å². The lowest BCUT2D eigenvalue weighted by molar-refractivity contribution is -0.144. The van der Waals surface area contributed by atoms with E-state index in [1.807, 2.05) is 0 Å². The highest BCUT2D eigenvalue weighted by molar-refractivity contribution is 7.89. The lowest BCUT2D eigenvalue weighted by atomic mass is 10.1. The van der Waals surface area contributed by atoms with Crippen LogP contribution in [0.3, 0.4) is 0 Å². The van der Waals surface area contributed by atoms with Gasteiger partial charge in [-0.3, -0.25) is 4.79 Å². The Kier molecular flexibility index (Phi) is 4.29. The van der Waals surface area contributed by atoms with Crippen LogP contribution in [0.5, 0.6) is 0 Å². The smallest absolute Gasteiger partial charge is 0.335 e. The highest BCUT2D eigenvalue weighted by Gasteiger charge is 2.36. The topological polar surface area (TPSA) is 101 Å². The van der Waals surface area contributed by atoms with Crippen LogP contribution in [0.25, 0.3) is 0 Å². The Balaban J connectivity index is 2.19. The summed E-state index contributed by atoms with van der Waals surface area (Å²) in [4.78, 5) is 22.2. The van der Waals surface area contributed by atoms with Gasteiger partial charge in [-0.2, -0.15) is 4.31 Å². The van der Waals surface area contributed by atoms with Gasteiger partial charge in [-0.1, -0.05) is 0 Å². The normalized spacial score (nSPS) is 19.4. The summed E-state index contributed by atoms with van der Waals surface area (Å²) < 4.78 is 30.6. The summed E-state index contributed by atoms with van der Waals surface area (Å²) in [5.41, 5.74) is 0.0165. The number of hydrogen-bond donors (Lipinski definition) is 1. The summed E-state index contributed by atoms with van der Waals surface area (Å²) in [5.74, 6) is -2.00. The highest BCUT2D eigenvalue weighted by Crippen LogP contribution is 2.25. The summed E-state index contributed by atoms with van der Waals surface area (Å²) in [6, 6.07) is 4.99. The molecular formula is C13H15NO6S. The number of carbonyl (C=O) groups excluding carboxylic acids is 1. The number of aromatic carboxylic acids is 1. The molecule has 1 saturated heterocycles. The minimum atomic E-state index is -3.72. The summed E-state index contributed by atoms with van der Waals surface area (Å²) in [7, 11) is -2.46. The monoisotopic (exact) mass is 313 g/mol. The number of esters is 1. The van der Waals surface area contributed by atoms with E-state index < -0.39 is 27.9 Å². The van der Waals surface area contributed by atoms with Crippen molar-refractivity contribution in [3.63, 3.8) is 0 Å². The lowest BCUT2D eigenvalue weighted by Crippen LogP contribution is -2.30. The van der Waals surface area contributed by atoms with Gasteiger partial charge < -0.3 is 9.84 Å². The van der Waals surface area contributed by atoms with E-state index in [0.29, 0.717) is 6.42 Å². The van der Waals surface area contributed by atoms with E-state index in [4.69, 9.17) is 5.11 Å². The fourth-order valence-electron chi connectivity index (χ4n) is 2.22. The van der Waals surface area contributed by atoms with E-state index in [9.17, 15) is 18.0 Å². The first-order valence-corrected chi connectivity index (χ1v) is 7.71. The molecule has 7 nitrogen and oxygen atoms in total. The highest BCUT2D eigenvalue weighted by atomic mass is 32.2. The van der Waals surface area contributed by atoms with Crippen molar-refractivity contribution >= 4 is 22.0 Å². The van der Waals surface area contributed by atoms with Crippen molar-refractivity contribution in [1.82, 2.24) is 4.31 Å². The minimum absolute atomic E-state index is 0.0121. The summed E-state index contributed by atoms with van der Waals surface area (Å²) in [6.45, 7) is 0.318. The van der Waals surface area contributed by atoms with E-state index >= 15 is 0 Å². The molecule has 1 unspecified atom stereocenters. The molecular weight excluding hydrogens is 298 g/mol. The molecule has 1 aromatic carbocycles. The molecule has 2 rings (SSSR count). The number of carboxylic acid groups (broad SMARTS) is 1. The van der Waals surface area contributed by atoms with Gasteiger partial charge in [0.25, 0.3) is 0 Å². The van der Waals surface area contributed by atoms with Crippen molar-refractivity contribution in [2.24, 2.45) is 5.92 Å². The molecule has 1 atom stereocenters. The molecule has 0 aliphatic carbocycles. The number of sulfonamides is 1. The lowest BCUT2D eigenvalue weighted by Gasteiger charge is -2.16. The molecule has 1 fully saturated rings. The van der Waals surface area contributed by atoms with Crippen LogP contribution >= 0.6 is 0 Å². The van der Waals surface area contributed by atoms with E-state index in [1.165, 1.54) is 35.7 Å². The van der Waals surface area contributed by atoms with Gasteiger partial charge in [0.05, 0.1) is 23.5 Å². The molecule has 21 heavy (non-hydrogen) atoms. The molecule has 1 heterocycles. The van der Waals surface area contributed by atoms with Gasteiger partial charge in [-0.25, -0.2) is 13.2 Å². The Labute approximate surface area is 122 Å². The van der Waals surface area contributed by atoms with Crippen LogP contribution in [-0.2, 0) is 19.6 Å². The van der Waals surface area contributed by atoms with E-state index in [0.717, 1.165) is 0 Å². The van der Waals surface area contributed by atoms with Crippen molar-refractivity contribution in [3.05, 3.63) is 29.8 Å². The first-order chi connectivity index (χ1) is 9.86. The van der Waals surface area contributed by atoms with Gasteiger partial charge in [-0.05, 0) is 30.7 Å². The Morgan fingerprint density at radius 2 is 1.90 bits per heavy atom. The quantitative estimate of drug-likeness (QED) is 0.815. The maximum Gasteiger partial charge on any atom is 0.335 e. The van der Waals surface area contributed by atoms with Gasteiger partial charge in [0.1, 0.15) is 0 Å². The Hall–Kier alpha value is -1.93. The predicted octanol–water partition coefficient (Wildman–Crippen LogP) is 0.568. The summed E-state index contributed by atoms with van der Waals surface area (Å²) in [5, 5.41) is 8.80. The van der Waals surface area contributed by atoms with Crippen LogP contribution in [0, 0.1) is 5.92 Å². The molecule has 0 radical (unpaired) electrons. The van der Waals surface area contributed by atoms with Gasteiger partial charge in [0.2, 0.25) is 10.0 Å². The number of carboxylic acids is 1. The first-order valence-electron chi connectivity index (χ1n) is 6.27. The molecule has 1 aromatic rings. The van der Waals surface area contributed by atoms with Gasteiger partial charge >= 0.3 is 11.9 Å². The zero-order chi connectivity index (χ0) is 15.6. The maximum atomic E-state index is 12.4. The summed E-state index contributed by atoms with van der Waals surface area (Å²) in [6.07, 6.45) is 0.416. The zero-order valence-corrected chi connectivity index (χ0v) is 12.2. The summed E-state index contributed by atoms with van der Waals surface area (Å²) >= 11 is 0. The number of methoxy groups -OCH3 is 1. The van der Waals surface area contributed by atoms with Crippen LogP contribution in [0.4, 0.5) is 0 Å². The largest absolute Gasteiger partial charge is 0.478 e. The zero-order valence-electron chi connectivity index (χ0n) is 11.4. The molecule has 1 aliphatic rings. The molecule has 0 aromatic heterocycles. The molecule has 0 spiro atoms. The predicted molar refractivity (Wildman–Crippen MR) is 72.3 cm³/mol. The standard InChI is InChI=1S/C13H15NO6S/c1-20-13(17)10-6-7-14(8-10)21(18,19)11-4-2-9(3-5-11)12(15)16/h2-5,10H,6-8H2,1H3,(H,15,16). The average molecular weight is 313 g/mol. The van der Waals surface area contributed by atoms with Crippen LogP contribution in [-0.4, -0.2) is 50.0 Å². The second kappa shape index (κ2) is 5.82. The second-order valence-electron chi connectivity index (χ2n) is 4.70.